The van der Waals surface area contributed by atoms with Crippen LogP contribution in [0.3, 0.4) is 0 Å². The van der Waals surface area contributed by atoms with E-state index in [-0.39, 0.29) is 23.5 Å². The number of sulfone groups is 1. The topological polar surface area (TPSA) is 110 Å². The van der Waals surface area contributed by atoms with E-state index in [2.05, 4.69) is 15.1 Å². The Hall–Kier alpha value is -2.49. The van der Waals surface area contributed by atoms with Crippen molar-refractivity contribution < 1.29 is 17.7 Å². The van der Waals surface area contributed by atoms with Gasteiger partial charge >= 0.3 is 0 Å². The minimum Gasteiger partial charge on any atom is -0.360 e. The number of aryl methyl sites for hydroxylation is 1. The van der Waals surface area contributed by atoms with Crippen LogP contribution in [0.5, 0.6) is 0 Å². The standard InChI is InChI=1S/C18H21N5O4S/c24-17(16-12-4-1-2-5-15(12)27-21-16)22-8-9-23(18-19-6-3-7-20-18)14-11-28(25,26)10-13(14)22/h3,6-7,13-14H,1-2,4-5,8-11H2/t13-,14+/m0/s1. The molecule has 5 rings (SSSR count). The number of carbonyl (C=O) groups excluding carboxylic acids is 1. The first kappa shape index (κ1) is 17.6. The second kappa shape index (κ2) is 6.54. The van der Waals surface area contributed by atoms with Gasteiger partial charge in [0.2, 0.25) is 5.95 Å². The van der Waals surface area contributed by atoms with Crippen molar-refractivity contribution in [2.45, 2.75) is 37.8 Å². The maximum Gasteiger partial charge on any atom is 0.276 e. The summed E-state index contributed by atoms with van der Waals surface area (Å²) in [6, 6.07) is 0.929. The van der Waals surface area contributed by atoms with Crippen molar-refractivity contribution in [1.82, 2.24) is 20.0 Å². The van der Waals surface area contributed by atoms with Gasteiger partial charge in [0, 0.05) is 37.5 Å². The number of fused-ring (bicyclic) bond motifs is 2. The number of anilines is 1. The first-order valence-corrected chi connectivity index (χ1v) is 11.4. The van der Waals surface area contributed by atoms with E-state index < -0.39 is 15.9 Å². The third-order valence-corrected chi connectivity index (χ3v) is 7.60. The highest BCUT2D eigenvalue weighted by Gasteiger charge is 2.49. The van der Waals surface area contributed by atoms with Crippen LogP contribution in [0.4, 0.5) is 5.95 Å². The Balaban J connectivity index is 1.47. The molecular formula is C18H21N5O4S. The number of piperazine rings is 1. The summed E-state index contributed by atoms with van der Waals surface area (Å²) in [5, 5.41) is 4.05. The highest BCUT2D eigenvalue weighted by molar-refractivity contribution is 7.91. The Labute approximate surface area is 162 Å². The molecule has 0 bridgehead atoms. The first-order valence-electron chi connectivity index (χ1n) is 9.56. The number of carbonyl (C=O) groups is 1. The third-order valence-electron chi connectivity index (χ3n) is 5.90. The molecule has 2 aliphatic heterocycles. The van der Waals surface area contributed by atoms with Crippen molar-refractivity contribution in [2.24, 2.45) is 0 Å². The number of amides is 1. The van der Waals surface area contributed by atoms with Crippen molar-refractivity contribution in [1.29, 1.82) is 0 Å². The van der Waals surface area contributed by atoms with E-state index in [0.29, 0.717) is 24.7 Å². The minimum absolute atomic E-state index is 0.00335. The summed E-state index contributed by atoms with van der Waals surface area (Å²) in [5.74, 6) is 1.01. The van der Waals surface area contributed by atoms with Crippen LogP contribution in [0.15, 0.2) is 23.0 Å². The molecule has 2 aromatic rings. The van der Waals surface area contributed by atoms with Gasteiger partial charge in [0.25, 0.3) is 5.91 Å². The lowest BCUT2D eigenvalue weighted by molar-refractivity contribution is 0.0636. The van der Waals surface area contributed by atoms with Gasteiger partial charge in [-0.1, -0.05) is 5.16 Å². The van der Waals surface area contributed by atoms with Gasteiger partial charge < -0.3 is 14.3 Å². The van der Waals surface area contributed by atoms with Crippen LogP contribution in [0.1, 0.15) is 34.7 Å². The first-order chi connectivity index (χ1) is 13.5. The Morgan fingerprint density at radius 1 is 1.07 bits per heavy atom. The van der Waals surface area contributed by atoms with Gasteiger partial charge in [-0.15, -0.1) is 0 Å². The number of hydrogen-bond acceptors (Lipinski definition) is 8. The number of rotatable bonds is 2. The molecule has 0 saturated carbocycles. The number of nitrogens with zero attached hydrogens (tertiary/aromatic N) is 5. The average molecular weight is 403 g/mol. The molecule has 1 aliphatic carbocycles. The molecular weight excluding hydrogens is 382 g/mol. The maximum absolute atomic E-state index is 13.3. The summed E-state index contributed by atoms with van der Waals surface area (Å²) < 4.78 is 30.2. The Bertz CT molecular complexity index is 1010. The monoisotopic (exact) mass is 403 g/mol. The molecule has 2 aromatic heterocycles. The van der Waals surface area contributed by atoms with Crippen LogP contribution in [0.25, 0.3) is 0 Å². The summed E-state index contributed by atoms with van der Waals surface area (Å²) >= 11 is 0. The molecule has 1 amide bonds. The zero-order chi connectivity index (χ0) is 19.3. The van der Waals surface area contributed by atoms with Gasteiger partial charge in [-0.25, -0.2) is 18.4 Å². The fourth-order valence-electron chi connectivity index (χ4n) is 4.58. The smallest absolute Gasteiger partial charge is 0.276 e. The second-order valence-electron chi connectivity index (χ2n) is 7.59. The average Bonchev–Trinajstić information content (AvgIpc) is 3.27. The fourth-order valence-corrected chi connectivity index (χ4v) is 6.56. The van der Waals surface area contributed by atoms with Gasteiger partial charge in [0.05, 0.1) is 23.6 Å². The fraction of sp³-hybridized carbons (Fsp3) is 0.556. The predicted molar refractivity (Wildman–Crippen MR) is 99.8 cm³/mol. The quantitative estimate of drug-likeness (QED) is 0.712. The van der Waals surface area contributed by atoms with E-state index in [1.165, 1.54) is 0 Å². The Morgan fingerprint density at radius 2 is 1.82 bits per heavy atom. The van der Waals surface area contributed by atoms with Crippen molar-refractivity contribution in [2.75, 3.05) is 29.5 Å². The molecule has 28 heavy (non-hydrogen) atoms. The third kappa shape index (κ3) is 2.86. The lowest BCUT2D eigenvalue weighted by Crippen LogP contribution is -2.61. The largest absolute Gasteiger partial charge is 0.360 e. The number of hydrogen-bond donors (Lipinski definition) is 0. The van der Waals surface area contributed by atoms with E-state index in [0.717, 1.165) is 37.0 Å². The molecule has 9 nitrogen and oxygen atoms in total. The molecule has 0 N–H and O–H groups in total. The van der Waals surface area contributed by atoms with E-state index in [1.54, 1.807) is 23.4 Å². The highest BCUT2D eigenvalue weighted by atomic mass is 32.2. The SMILES string of the molecule is O=C(c1noc2c1CCCC2)N1CCN(c2ncccn2)[C@@H]2CS(=O)(=O)C[C@@H]21. The van der Waals surface area contributed by atoms with Gasteiger partial charge in [-0.3, -0.25) is 4.79 Å². The summed E-state index contributed by atoms with van der Waals surface area (Å²) in [7, 11) is -3.26. The van der Waals surface area contributed by atoms with Crippen molar-refractivity contribution in [3.63, 3.8) is 0 Å². The van der Waals surface area contributed by atoms with Gasteiger partial charge in [-0.2, -0.15) is 0 Å². The molecule has 4 heterocycles. The van der Waals surface area contributed by atoms with E-state index in [9.17, 15) is 13.2 Å². The molecule has 2 saturated heterocycles. The molecule has 0 aromatic carbocycles. The molecule has 0 unspecified atom stereocenters. The lowest BCUT2D eigenvalue weighted by Gasteiger charge is -2.43. The second-order valence-corrected chi connectivity index (χ2v) is 9.75. The van der Waals surface area contributed by atoms with Crippen LogP contribution in [0, 0.1) is 0 Å². The molecule has 0 radical (unpaired) electrons. The van der Waals surface area contributed by atoms with Crippen molar-refractivity contribution in [3.05, 3.63) is 35.5 Å². The predicted octanol–water partition coefficient (Wildman–Crippen LogP) is 0.471. The zero-order valence-corrected chi connectivity index (χ0v) is 16.1. The summed E-state index contributed by atoms with van der Waals surface area (Å²) in [4.78, 5) is 25.4. The van der Waals surface area contributed by atoms with Gasteiger partial charge in [0.1, 0.15) is 5.76 Å². The minimum atomic E-state index is -3.26. The zero-order valence-electron chi connectivity index (χ0n) is 15.3. The van der Waals surface area contributed by atoms with Crippen LogP contribution in [-0.4, -0.2) is 71.0 Å². The van der Waals surface area contributed by atoms with Crippen LogP contribution >= 0.6 is 0 Å². The molecule has 0 spiro atoms. The van der Waals surface area contributed by atoms with E-state index in [4.69, 9.17) is 4.52 Å². The lowest BCUT2D eigenvalue weighted by atomic mass is 9.95. The molecule has 2 atom stereocenters. The van der Waals surface area contributed by atoms with Crippen molar-refractivity contribution in [3.8, 4) is 0 Å². The Kier molecular flexibility index (Phi) is 4.11. The molecule has 3 aliphatic rings. The summed E-state index contributed by atoms with van der Waals surface area (Å²) in [5.41, 5.74) is 1.24. The summed E-state index contributed by atoms with van der Waals surface area (Å²) in [6.45, 7) is 0.877. The van der Waals surface area contributed by atoms with Gasteiger partial charge in [-0.05, 0) is 25.3 Å². The van der Waals surface area contributed by atoms with Crippen LogP contribution in [0.2, 0.25) is 0 Å². The highest BCUT2D eigenvalue weighted by Crippen LogP contribution is 2.32. The molecule has 10 heteroatoms. The Morgan fingerprint density at radius 3 is 2.64 bits per heavy atom. The van der Waals surface area contributed by atoms with E-state index in [1.807, 2.05) is 4.90 Å². The molecule has 148 valence electrons. The normalized spacial score (nSPS) is 26.0. The van der Waals surface area contributed by atoms with E-state index >= 15 is 0 Å². The van der Waals surface area contributed by atoms with Crippen molar-refractivity contribution >= 4 is 21.7 Å². The van der Waals surface area contributed by atoms with Gasteiger partial charge in [0.15, 0.2) is 15.5 Å². The molecule has 2 fully saturated rings. The van der Waals surface area contributed by atoms with Crippen LogP contribution < -0.4 is 4.90 Å². The maximum atomic E-state index is 13.3. The van der Waals surface area contributed by atoms with Crippen LogP contribution in [-0.2, 0) is 22.7 Å². The number of aromatic nitrogens is 3. The summed E-state index contributed by atoms with van der Waals surface area (Å²) in [6.07, 6.45) is 6.90.